The van der Waals surface area contributed by atoms with E-state index in [0.29, 0.717) is 42.2 Å². The van der Waals surface area contributed by atoms with Gasteiger partial charge >= 0.3 is 0 Å². The van der Waals surface area contributed by atoms with Gasteiger partial charge in [0.2, 0.25) is 0 Å². The molecule has 4 aromatic rings. The number of aromatic nitrogens is 2. The summed E-state index contributed by atoms with van der Waals surface area (Å²) < 4.78 is 13.0. The van der Waals surface area contributed by atoms with Crippen LogP contribution in [0.4, 0.5) is 5.82 Å². The van der Waals surface area contributed by atoms with Gasteiger partial charge in [0.05, 0.1) is 11.4 Å². The molecule has 2 aromatic heterocycles. The molecule has 0 spiro atoms. The molecule has 0 aliphatic rings. The molecule has 0 fully saturated rings. The first kappa shape index (κ1) is 23.6. The summed E-state index contributed by atoms with van der Waals surface area (Å²) in [4.78, 5) is 12.5. The van der Waals surface area contributed by atoms with Crippen molar-refractivity contribution in [2.75, 3.05) is 12.3 Å². The van der Waals surface area contributed by atoms with Gasteiger partial charge in [-0.1, -0.05) is 35.9 Å². The zero-order valence-electron chi connectivity index (χ0n) is 19.7. The van der Waals surface area contributed by atoms with E-state index in [1.54, 1.807) is 16.8 Å². The van der Waals surface area contributed by atoms with Gasteiger partial charge in [0.25, 0.3) is 5.91 Å². The van der Waals surface area contributed by atoms with Gasteiger partial charge in [0.15, 0.2) is 5.76 Å². The zero-order chi connectivity index (χ0) is 24.8. The predicted molar refractivity (Wildman–Crippen MR) is 132 cm³/mol. The predicted octanol–water partition coefficient (Wildman–Crippen LogP) is 4.48. The van der Waals surface area contributed by atoms with Gasteiger partial charge in [-0.15, -0.1) is 0 Å². The van der Waals surface area contributed by atoms with Crippen molar-refractivity contribution in [3.05, 3.63) is 94.6 Å². The Morgan fingerprint density at radius 3 is 2.71 bits per heavy atom. The second-order valence-electron chi connectivity index (χ2n) is 8.25. The second kappa shape index (κ2) is 10.6. The van der Waals surface area contributed by atoms with Crippen LogP contribution >= 0.6 is 0 Å². The van der Waals surface area contributed by atoms with E-state index in [9.17, 15) is 10.1 Å². The highest BCUT2D eigenvalue weighted by molar-refractivity contribution is 5.91. The summed E-state index contributed by atoms with van der Waals surface area (Å²) in [5, 5.41) is 16.9. The van der Waals surface area contributed by atoms with E-state index in [2.05, 4.69) is 22.6 Å². The van der Waals surface area contributed by atoms with Gasteiger partial charge in [-0.3, -0.25) is 4.79 Å². The van der Waals surface area contributed by atoms with E-state index in [1.165, 1.54) is 5.56 Å². The third kappa shape index (κ3) is 5.53. The molecule has 0 saturated carbocycles. The number of nitrogen functional groups attached to an aromatic ring is 1. The normalized spacial score (nSPS) is 10.7. The molecular formula is C27H27N5O3. The van der Waals surface area contributed by atoms with E-state index in [0.717, 1.165) is 17.0 Å². The Bertz CT molecular complexity index is 1370. The van der Waals surface area contributed by atoms with Crippen LogP contribution in [0.25, 0.3) is 5.69 Å². The number of benzene rings is 2. The topological polar surface area (TPSA) is 119 Å². The number of aryl methyl sites for hydroxylation is 3. The Balaban J connectivity index is 1.29. The van der Waals surface area contributed by atoms with Crippen molar-refractivity contribution in [1.82, 2.24) is 15.1 Å². The number of furan rings is 1. The molecule has 2 heterocycles. The van der Waals surface area contributed by atoms with Crippen LogP contribution in [0, 0.1) is 25.2 Å². The number of amides is 1. The van der Waals surface area contributed by atoms with Crippen molar-refractivity contribution in [2.45, 2.75) is 33.3 Å². The van der Waals surface area contributed by atoms with E-state index < -0.39 is 0 Å². The third-order valence-electron chi connectivity index (χ3n) is 5.57. The molecule has 0 bridgehead atoms. The maximum Gasteiger partial charge on any atom is 0.286 e. The molecule has 178 valence electrons. The van der Waals surface area contributed by atoms with E-state index in [-0.39, 0.29) is 18.3 Å². The van der Waals surface area contributed by atoms with Crippen LogP contribution < -0.4 is 15.8 Å². The zero-order valence-corrected chi connectivity index (χ0v) is 19.7. The highest BCUT2D eigenvalue weighted by Crippen LogP contribution is 2.22. The van der Waals surface area contributed by atoms with Crippen LogP contribution in [-0.2, 0) is 13.0 Å². The number of para-hydroxylation sites is 1. The largest absolute Gasteiger partial charge is 0.485 e. The lowest BCUT2D eigenvalue weighted by Crippen LogP contribution is -2.24. The van der Waals surface area contributed by atoms with Crippen LogP contribution in [0.1, 0.15) is 45.1 Å². The van der Waals surface area contributed by atoms with Gasteiger partial charge in [-0.05, 0) is 62.6 Å². The number of ether oxygens (including phenoxy) is 1. The average Bonchev–Trinajstić information content (AvgIpc) is 3.46. The lowest BCUT2D eigenvalue weighted by Gasteiger charge is -2.08. The number of rotatable bonds is 9. The van der Waals surface area contributed by atoms with Crippen molar-refractivity contribution in [1.29, 1.82) is 5.26 Å². The number of nitrogens with zero attached hydrogens (tertiary/aromatic N) is 3. The molecule has 8 nitrogen and oxygen atoms in total. The van der Waals surface area contributed by atoms with Gasteiger partial charge in [0.1, 0.15) is 35.6 Å². The maximum absolute atomic E-state index is 12.5. The third-order valence-corrected chi connectivity index (χ3v) is 5.57. The smallest absolute Gasteiger partial charge is 0.286 e. The number of anilines is 1. The quantitative estimate of drug-likeness (QED) is 0.349. The Morgan fingerprint density at radius 1 is 1.17 bits per heavy atom. The molecule has 1 amide bonds. The summed E-state index contributed by atoms with van der Waals surface area (Å²) in [6.07, 6.45) is 1.09. The minimum absolute atomic E-state index is 0.222. The van der Waals surface area contributed by atoms with Crippen LogP contribution in [-0.4, -0.2) is 22.2 Å². The van der Waals surface area contributed by atoms with Gasteiger partial charge in [0, 0.05) is 6.54 Å². The molecule has 0 saturated heterocycles. The van der Waals surface area contributed by atoms with Crippen LogP contribution in [0.5, 0.6) is 5.75 Å². The number of carbonyl (C=O) groups excluding carboxylic acids is 1. The van der Waals surface area contributed by atoms with Crippen molar-refractivity contribution >= 4 is 11.7 Å². The molecule has 4 rings (SSSR count). The Kier molecular flexibility index (Phi) is 7.17. The van der Waals surface area contributed by atoms with Crippen molar-refractivity contribution in [3.63, 3.8) is 0 Å². The molecule has 0 unspecified atom stereocenters. The first-order chi connectivity index (χ1) is 17.0. The van der Waals surface area contributed by atoms with Crippen molar-refractivity contribution in [2.24, 2.45) is 0 Å². The van der Waals surface area contributed by atoms with Gasteiger partial charge in [-0.2, -0.15) is 10.4 Å². The maximum atomic E-state index is 12.5. The number of nitrogens with one attached hydrogen (secondary N) is 1. The van der Waals surface area contributed by atoms with Crippen LogP contribution in [0.2, 0.25) is 0 Å². The first-order valence-electron chi connectivity index (χ1n) is 11.4. The van der Waals surface area contributed by atoms with Gasteiger partial charge in [-0.25, -0.2) is 4.68 Å². The van der Waals surface area contributed by atoms with Gasteiger partial charge < -0.3 is 20.2 Å². The lowest BCUT2D eigenvalue weighted by molar-refractivity contribution is 0.0921. The molecule has 2 aromatic carbocycles. The molecule has 3 N–H and O–H groups in total. The summed E-state index contributed by atoms with van der Waals surface area (Å²) in [5.41, 5.74) is 10.1. The number of hydrogen-bond acceptors (Lipinski definition) is 6. The summed E-state index contributed by atoms with van der Waals surface area (Å²) in [7, 11) is 0. The fourth-order valence-corrected chi connectivity index (χ4v) is 3.77. The number of nitriles is 1. The summed E-state index contributed by atoms with van der Waals surface area (Å²) in [6, 6.07) is 20.9. The summed E-state index contributed by atoms with van der Waals surface area (Å²) in [5.74, 6) is 1.57. The molecule has 35 heavy (non-hydrogen) atoms. The molecule has 0 atom stereocenters. The first-order valence-corrected chi connectivity index (χ1v) is 11.4. The number of nitrogens with two attached hydrogens (primary N) is 1. The Labute approximate surface area is 203 Å². The number of hydrogen-bond donors (Lipinski definition) is 2. The highest BCUT2D eigenvalue weighted by Gasteiger charge is 2.17. The van der Waals surface area contributed by atoms with E-state index in [4.69, 9.17) is 14.9 Å². The monoisotopic (exact) mass is 469 g/mol. The molecular weight excluding hydrogens is 442 g/mol. The minimum Gasteiger partial charge on any atom is -0.485 e. The van der Waals surface area contributed by atoms with Crippen molar-refractivity contribution in [3.8, 4) is 17.5 Å². The highest BCUT2D eigenvalue weighted by atomic mass is 16.5. The molecule has 0 aliphatic carbocycles. The Morgan fingerprint density at radius 2 is 1.97 bits per heavy atom. The summed E-state index contributed by atoms with van der Waals surface area (Å²) in [6.45, 7) is 4.66. The summed E-state index contributed by atoms with van der Waals surface area (Å²) >= 11 is 0. The molecule has 8 heteroatoms. The fraction of sp³-hybridized carbons (Fsp3) is 0.222. The lowest BCUT2D eigenvalue weighted by atomic mass is 10.1. The average molecular weight is 470 g/mol. The standard InChI is InChI=1S/C27H27N5O3/c1-18-10-12-24(19(2)15-18)34-17-21-11-13-25(35-21)27(33)30-14-6-9-23-22(16-28)26(29)32(31-23)20-7-4-3-5-8-20/h3-5,7-8,10-13,15H,6,9,14,17,29H2,1-2H3,(H,30,33). The van der Waals surface area contributed by atoms with E-state index >= 15 is 0 Å². The Hall–Kier alpha value is -4.51. The molecule has 0 aliphatic heterocycles. The van der Waals surface area contributed by atoms with Crippen molar-refractivity contribution < 1.29 is 13.9 Å². The second-order valence-corrected chi connectivity index (χ2v) is 8.25. The minimum atomic E-state index is -0.308. The number of carbonyl (C=O) groups is 1. The van der Waals surface area contributed by atoms with Crippen LogP contribution in [0.3, 0.4) is 0 Å². The fourth-order valence-electron chi connectivity index (χ4n) is 3.77. The molecule has 0 radical (unpaired) electrons. The van der Waals surface area contributed by atoms with Crippen LogP contribution in [0.15, 0.2) is 65.1 Å². The van der Waals surface area contributed by atoms with E-state index in [1.807, 2.05) is 56.3 Å². The SMILES string of the molecule is Cc1ccc(OCc2ccc(C(=O)NCCCc3nn(-c4ccccc4)c(N)c3C#N)o2)c(C)c1.